The minimum atomic E-state index is 0.227. The number of carbonyl (C=O) groups excluding carboxylic acids is 1. The molecule has 1 aliphatic carbocycles. The molecule has 0 aliphatic heterocycles. The van der Waals surface area contributed by atoms with Gasteiger partial charge in [-0.15, -0.1) is 11.8 Å². The molecule has 1 aliphatic rings. The molecule has 1 amide bonds. The van der Waals surface area contributed by atoms with Crippen molar-refractivity contribution in [3.05, 3.63) is 53.0 Å². The largest absolute Gasteiger partial charge is 0.355 e. The van der Waals surface area contributed by atoms with Crippen LogP contribution in [-0.4, -0.2) is 23.2 Å². The predicted octanol–water partition coefficient (Wildman–Crippen LogP) is 6.39. The Balaban J connectivity index is 1.46. The summed E-state index contributed by atoms with van der Waals surface area (Å²) >= 11 is 5.33. The van der Waals surface area contributed by atoms with Crippen molar-refractivity contribution >= 4 is 44.5 Å². The number of halogens is 1. The quantitative estimate of drug-likeness (QED) is 0.333. The van der Waals surface area contributed by atoms with Crippen LogP contribution in [0.15, 0.2) is 57.9 Å². The molecular formula is C23H25BrN2OS. The Morgan fingerprint density at radius 3 is 2.61 bits per heavy atom. The first kappa shape index (κ1) is 19.6. The van der Waals surface area contributed by atoms with Crippen molar-refractivity contribution in [1.29, 1.82) is 0 Å². The maximum absolute atomic E-state index is 12.4. The highest BCUT2D eigenvalue weighted by molar-refractivity contribution is 9.10. The zero-order valence-electron chi connectivity index (χ0n) is 15.8. The fourth-order valence-electron chi connectivity index (χ4n) is 3.92. The third-order valence-electron chi connectivity index (χ3n) is 5.41. The second-order valence-corrected chi connectivity index (χ2v) is 9.38. The molecule has 1 heterocycles. The van der Waals surface area contributed by atoms with Gasteiger partial charge in [0.2, 0.25) is 5.91 Å². The van der Waals surface area contributed by atoms with Crippen LogP contribution in [-0.2, 0) is 4.79 Å². The monoisotopic (exact) mass is 456 g/mol. The first-order valence-corrected chi connectivity index (χ1v) is 11.8. The molecule has 0 spiro atoms. The van der Waals surface area contributed by atoms with Gasteiger partial charge >= 0.3 is 0 Å². The highest BCUT2D eigenvalue weighted by Crippen LogP contribution is 2.37. The molecule has 0 saturated heterocycles. The molecule has 0 atom stereocenters. The minimum Gasteiger partial charge on any atom is -0.355 e. The molecule has 28 heavy (non-hydrogen) atoms. The highest BCUT2D eigenvalue weighted by Gasteiger charge is 2.20. The van der Waals surface area contributed by atoms with Gasteiger partial charge in [0.25, 0.3) is 0 Å². The zero-order valence-corrected chi connectivity index (χ0v) is 18.2. The summed E-state index contributed by atoms with van der Waals surface area (Å²) < 4.78 is 1.08. The van der Waals surface area contributed by atoms with Crippen molar-refractivity contribution in [2.24, 2.45) is 5.92 Å². The Morgan fingerprint density at radius 2 is 1.82 bits per heavy atom. The number of rotatable bonds is 6. The van der Waals surface area contributed by atoms with Gasteiger partial charge in [-0.1, -0.05) is 65.5 Å². The predicted molar refractivity (Wildman–Crippen MR) is 122 cm³/mol. The molecule has 2 N–H and O–H groups in total. The number of hydrogen-bond donors (Lipinski definition) is 2. The molecule has 3 aromatic rings. The molecular weight excluding hydrogens is 432 g/mol. The molecule has 0 unspecified atom stereocenters. The second kappa shape index (κ2) is 9.19. The lowest BCUT2D eigenvalue weighted by atomic mass is 9.89. The third kappa shape index (κ3) is 4.47. The molecule has 1 fully saturated rings. The van der Waals surface area contributed by atoms with E-state index in [1.54, 1.807) is 0 Å². The SMILES string of the molecule is O=C(NCCSc1c(-c2ccc(Br)cc2)[nH]c2ccccc12)C1CCCCC1. The molecule has 5 heteroatoms. The smallest absolute Gasteiger partial charge is 0.223 e. The lowest BCUT2D eigenvalue weighted by molar-refractivity contribution is -0.125. The van der Waals surface area contributed by atoms with E-state index in [0.717, 1.165) is 34.3 Å². The molecule has 2 aromatic carbocycles. The molecule has 4 rings (SSSR count). The molecule has 1 aromatic heterocycles. The van der Waals surface area contributed by atoms with Gasteiger partial charge in [-0.25, -0.2) is 0 Å². The van der Waals surface area contributed by atoms with E-state index in [1.807, 2.05) is 11.8 Å². The van der Waals surface area contributed by atoms with Crippen molar-refractivity contribution in [3.8, 4) is 11.3 Å². The van der Waals surface area contributed by atoms with E-state index in [4.69, 9.17) is 0 Å². The summed E-state index contributed by atoms with van der Waals surface area (Å²) in [7, 11) is 0. The van der Waals surface area contributed by atoms with Crippen molar-refractivity contribution in [2.45, 2.75) is 37.0 Å². The van der Waals surface area contributed by atoms with E-state index in [2.05, 4.69) is 74.8 Å². The Kier molecular flexibility index (Phi) is 6.43. The van der Waals surface area contributed by atoms with E-state index in [9.17, 15) is 4.79 Å². The number of amides is 1. The number of benzene rings is 2. The summed E-state index contributed by atoms with van der Waals surface area (Å²) in [5.74, 6) is 1.33. The Hall–Kier alpha value is -1.72. The summed E-state index contributed by atoms with van der Waals surface area (Å²) in [5, 5.41) is 4.39. The van der Waals surface area contributed by atoms with E-state index in [0.29, 0.717) is 6.54 Å². The van der Waals surface area contributed by atoms with Crippen molar-refractivity contribution in [3.63, 3.8) is 0 Å². The number of aromatic amines is 1. The molecule has 3 nitrogen and oxygen atoms in total. The number of carbonyl (C=O) groups is 1. The first-order valence-electron chi connectivity index (χ1n) is 9.99. The average molecular weight is 457 g/mol. The van der Waals surface area contributed by atoms with Crippen LogP contribution in [0, 0.1) is 5.92 Å². The van der Waals surface area contributed by atoms with Crippen LogP contribution in [0.25, 0.3) is 22.2 Å². The lowest BCUT2D eigenvalue weighted by Crippen LogP contribution is -2.33. The van der Waals surface area contributed by atoms with Crippen molar-refractivity contribution < 1.29 is 4.79 Å². The second-order valence-electron chi connectivity index (χ2n) is 7.36. The minimum absolute atomic E-state index is 0.227. The fraction of sp³-hybridized carbons (Fsp3) is 0.348. The third-order valence-corrected chi connectivity index (χ3v) is 7.06. The van der Waals surface area contributed by atoms with Gasteiger partial charge in [0.15, 0.2) is 0 Å². The number of para-hydroxylation sites is 1. The van der Waals surface area contributed by atoms with Crippen LogP contribution in [0.3, 0.4) is 0 Å². The lowest BCUT2D eigenvalue weighted by Gasteiger charge is -2.20. The number of H-pyrrole nitrogens is 1. The summed E-state index contributed by atoms with van der Waals surface area (Å²) in [6, 6.07) is 16.8. The molecule has 1 saturated carbocycles. The number of nitrogens with one attached hydrogen (secondary N) is 2. The maximum atomic E-state index is 12.4. The maximum Gasteiger partial charge on any atom is 0.223 e. The number of aromatic nitrogens is 1. The van der Waals surface area contributed by atoms with E-state index in [-0.39, 0.29) is 11.8 Å². The Labute approximate surface area is 178 Å². The van der Waals surface area contributed by atoms with Crippen molar-refractivity contribution in [1.82, 2.24) is 10.3 Å². The number of thioether (sulfide) groups is 1. The van der Waals surface area contributed by atoms with Gasteiger partial charge < -0.3 is 10.3 Å². The van der Waals surface area contributed by atoms with Crippen molar-refractivity contribution in [2.75, 3.05) is 12.3 Å². The van der Waals surface area contributed by atoms with Gasteiger partial charge in [-0.05, 0) is 36.6 Å². The number of hydrogen-bond acceptors (Lipinski definition) is 2. The van der Waals surface area contributed by atoms with Crippen LogP contribution in [0.2, 0.25) is 0 Å². The molecule has 146 valence electrons. The Bertz CT molecular complexity index is 945. The van der Waals surface area contributed by atoms with E-state index in [1.165, 1.54) is 35.1 Å². The normalized spacial score (nSPS) is 15.0. The average Bonchev–Trinajstić information content (AvgIpc) is 3.11. The summed E-state index contributed by atoms with van der Waals surface area (Å²) in [5.41, 5.74) is 3.47. The Morgan fingerprint density at radius 1 is 1.07 bits per heavy atom. The van der Waals surface area contributed by atoms with Gasteiger partial charge in [0.05, 0.1) is 5.69 Å². The molecule has 0 radical (unpaired) electrons. The van der Waals surface area contributed by atoms with Crippen LogP contribution < -0.4 is 5.32 Å². The van der Waals surface area contributed by atoms with E-state index < -0.39 is 0 Å². The van der Waals surface area contributed by atoms with Crippen LogP contribution in [0.5, 0.6) is 0 Å². The molecule has 0 bridgehead atoms. The standard InChI is InChI=1S/C23H25BrN2OS/c24-18-12-10-16(11-13-18)21-22(19-8-4-5-9-20(19)26-21)28-15-14-25-23(27)17-6-2-1-3-7-17/h4-5,8-13,17,26H,1-3,6-7,14-15H2,(H,25,27). The van der Waals surface area contributed by atoms with Gasteiger partial charge in [-0.2, -0.15) is 0 Å². The van der Waals surface area contributed by atoms with Gasteiger partial charge in [0.1, 0.15) is 0 Å². The van der Waals surface area contributed by atoms with E-state index >= 15 is 0 Å². The van der Waals surface area contributed by atoms with Crippen LogP contribution >= 0.6 is 27.7 Å². The van der Waals surface area contributed by atoms with Crippen LogP contribution in [0.4, 0.5) is 0 Å². The first-order chi connectivity index (χ1) is 13.7. The zero-order chi connectivity index (χ0) is 19.3. The summed E-state index contributed by atoms with van der Waals surface area (Å²) in [6.45, 7) is 0.708. The van der Waals surface area contributed by atoms with Crippen LogP contribution in [0.1, 0.15) is 32.1 Å². The van der Waals surface area contributed by atoms with Gasteiger partial charge in [0, 0.05) is 38.5 Å². The fourth-order valence-corrected chi connectivity index (χ4v) is 5.24. The van der Waals surface area contributed by atoms with Gasteiger partial charge in [-0.3, -0.25) is 4.79 Å². The number of fused-ring (bicyclic) bond motifs is 1. The summed E-state index contributed by atoms with van der Waals surface area (Å²) in [4.78, 5) is 17.2. The topological polar surface area (TPSA) is 44.9 Å². The highest BCUT2D eigenvalue weighted by atomic mass is 79.9. The summed E-state index contributed by atoms with van der Waals surface area (Å²) in [6.07, 6.45) is 5.76.